The predicted molar refractivity (Wildman–Crippen MR) is 102 cm³/mol. The molecule has 6 heteroatoms. The molecule has 1 aromatic carbocycles. The zero-order chi connectivity index (χ0) is 18.6. The van der Waals surface area contributed by atoms with Crippen LogP contribution in [0.15, 0.2) is 41.8 Å². The Morgan fingerprint density at radius 2 is 1.85 bits per heavy atom. The quantitative estimate of drug-likeness (QED) is 0.802. The van der Waals surface area contributed by atoms with Gasteiger partial charge in [-0.15, -0.1) is 6.58 Å². The summed E-state index contributed by atoms with van der Waals surface area (Å²) in [5, 5.41) is 2.68. The second-order valence-corrected chi connectivity index (χ2v) is 9.43. The highest BCUT2D eigenvalue weighted by Crippen LogP contribution is 2.45. The molecule has 1 spiro atoms. The van der Waals surface area contributed by atoms with Crippen LogP contribution in [-0.2, 0) is 10.0 Å². The van der Waals surface area contributed by atoms with Crippen LogP contribution in [0.25, 0.3) is 0 Å². The molecule has 1 heterocycles. The first-order chi connectivity index (χ1) is 12.5. The maximum absolute atomic E-state index is 13.0. The summed E-state index contributed by atoms with van der Waals surface area (Å²) in [4.78, 5) is 12.3. The fourth-order valence-electron chi connectivity index (χ4n) is 4.22. The van der Waals surface area contributed by atoms with Crippen LogP contribution in [-0.4, -0.2) is 38.3 Å². The van der Waals surface area contributed by atoms with Crippen LogP contribution in [0, 0.1) is 5.41 Å². The SMILES string of the molecule is C=CCNC(=O)c1cccc(S(=O)(=O)N2CCC3(CCCCC3)CC2)c1. The Bertz CT molecular complexity index is 757. The normalized spacial score (nSPS) is 20.6. The van der Waals surface area contributed by atoms with Gasteiger partial charge in [0.25, 0.3) is 5.91 Å². The molecule has 1 saturated carbocycles. The Labute approximate surface area is 156 Å². The monoisotopic (exact) mass is 376 g/mol. The van der Waals surface area contributed by atoms with Crippen LogP contribution in [0.5, 0.6) is 0 Å². The number of nitrogens with zero attached hydrogens (tertiary/aromatic N) is 1. The number of benzene rings is 1. The summed E-state index contributed by atoms with van der Waals surface area (Å²) in [6.45, 7) is 5.07. The standard InChI is InChI=1S/C20H28N2O3S/c1-2-13-21-19(23)17-7-6-8-18(16-17)26(24,25)22-14-11-20(12-15-22)9-4-3-5-10-20/h2,6-8,16H,1,3-5,9-15H2,(H,21,23). The third-order valence-electron chi connectivity index (χ3n) is 5.84. The molecule has 2 aliphatic rings. The van der Waals surface area contributed by atoms with Gasteiger partial charge >= 0.3 is 0 Å². The van der Waals surface area contributed by atoms with Crippen molar-refractivity contribution < 1.29 is 13.2 Å². The fraction of sp³-hybridized carbons (Fsp3) is 0.550. The minimum Gasteiger partial charge on any atom is -0.349 e. The van der Waals surface area contributed by atoms with E-state index in [1.54, 1.807) is 28.6 Å². The average molecular weight is 377 g/mol. The lowest BCUT2D eigenvalue weighted by Gasteiger charge is -2.43. The van der Waals surface area contributed by atoms with Gasteiger partial charge in [0.2, 0.25) is 10.0 Å². The van der Waals surface area contributed by atoms with Crippen molar-refractivity contribution in [2.24, 2.45) is 5.41 Å². The summed E-state index contributed by atoms with van der Waals surface area (Å²) < 4.78 is 27.6. The van der Waals surface area contributed by atoms with E-state index in [1.807, 2.05) is 0 Å². The van der Waals surface area contributed by atoms with Crippen molar-refractivity contribution in [3.8, 4) is 0 Å². The summed E-state index contributed by atoms with van der Waals surface area (Å²) in [6.07, 6.45) is 9.82. The molecular weight excluding hydrogens is 348 g/mol. The van der Waals surface area contributed by atoms with E-state index < -0.39 is 10.0 Å². The molecule has 1 aliphatic carbocycles. The third-order valence-corrected chi connectivity index (χ3v) is 7.73. The van der Waals surface area contributed by atoms with E-state index in [0.29, 0.717) is 30.6 Å². The molecule has 5 nitrogen and oxygen atoms in total. The first-order valence-electron chi connectivity index (χ1n) is 9.46. The first-order valence-corrected chi connectivity index (χ1v) is 10.9. The number of hydrogen-bond acceptors (Lipinski definition) is 3. The van der Waals surface area contributed by atoms with E-state index in [1.165, 1.54) is 38.2 Å². The molecule has 0 bridgehead atoms. The maximum Gasteiger partial charge on any atom is 0.251 e. The molecule has 1 aromatic rings. The minimum atomic E-state index is -3.56. The number of rotatable bonds is 5. The van der Waals surface area contributed by atoms with Crippen molar-refractivity contribution in [2.45, 2.75) is 49.8 Å². The molecular formula is C20H28N2O3S. The number of hydrogen-bond donors (Lipinski definition) is 1. The largest absolute Gasteiger partial charge is 0.349 e. The van der Waals surface area contributed by atoms with E-state index in [4.69, 9.17) is 0 Å². The van der Waals surface area contributed by atoms with E-state index >= 15 is 0 Å². The van der Waals surface area contributed by atoms with Crippen LogP contribution >= 0.6 is 0 Å². The topological polar surface area (TPSA) is 66.5 Å². The highest BCUT2D eigenvalue weighted by atomic mass is 32.2. The smallest absolute Gasteiger partial charge is 0.251 e. The number of nitrogens with one attached hydrogen (secondary N) is 1. The van der Waals surface area contributed by atoms with Crippen LogP contribution in [0.1, 0.15) is 55.3 Å². The molecule has 1 N–H and O–H groups in total. The molecule has 0 aromatic heterocycles. The van der Waals surface area contributed by atoms with Gasteiger partial charge in [-0.05, 0) is 49.3 Å². The van der Waals surface area contributed by atoms with E-state index in [2.05, 4.69) is 11.9 Å². The molecule has 0 atom stereocenters. The molecule has 0 radical (unpaired) electrons. The van der Waals surface area contributed by atoms with Gasteiger partial charge in [-0.1, -0.05) is 31.4 Å². The molecule has 1 amide bonds. The second-order valence-electron chi connectivity index (χ2n) is 7.49. The van der Waals surface area contributed by atoms with Crippen LogP contribution in [0.3, 0.4) is 0 Å². The van der Waals surface area contributed by atoms with Gasteiger partial charge in [0.15, 0.2) is 0 Å². The summed E-state index contributed by atoms with van der Waals surface area (Å²) in [5.41, 5.74) is 0.713. The predicted octanol–water partition coefficient (Wildman–Crippen LogP) is 3.34. The van der Waals surface area contributed by atoms with Gasteiger partial charge in [-0.25, -0.2) is 8.42 Å². The Kier molecular flexibility index (Phi) is 5.82. The lowest BCUT2D eigenvalue weighted by molar-refractivity contribution is 0.0958. The molecule has 3 rings (SSSR count). The van der Waals surface area contributed by atoms with Crippen molar-refractivity contribution in [2.75, 3.05) is 19.6 Å². The zero-order valence-corrected chi connectivity index (χ0v) is 16.1. The Morgan fingerprint density at radius 1 is 1.15 bits per heavy atom. The van der Waals surface area contributed by atoms with Crippen LogP contribution in [0.4, 0.5) is 0 Å². The Hall–Kier alpha value is -1.66. The number of piperidine rings is 1. The second kappa shape index (κ2) is 7.92. The molecule has 26 heavy (non-hydrogen) atoms. The molecule has 1 saturated heterocycles. The number of amides is 1. The molecule has 0 unspecified atom stereocenters. The Balaban J connectivity index is 1.72. The lowest BCUT2D eigenvalue weighted by atomic mass is 9.68. The molecule has 2 fully saturated rings. The van der Waals surface area contributed by atoms with Crippen LogP contribution < -0.4 is 5.32 Å². The third kappa shape index (κ3) is 4.01. The van der Waals surface area contributed by atoms with Crippen molar-refractivity contribution in [3.63, 3.8) is 0 Å². The van der Waals surface area contributed by atoms with Crippen molar-refractivity contribution in [3.05, 3.63) is 42.5 Å². The zero-order valence-electron chi connectivity index (χ0n) is 15.2. The van der Waals surface area contributed by atoms with Gasteiger partial charge in [0.05, 0.1) is 4.90 Å². The number of carbonyl (C=O) groups excluding carboxylic acids is 1. The van der Waals surface area contributed by atoms with Gasteiger partial charge in [-0.2, -0.15) is 4.31 Å². The fourth-order valence-corrected chi connectivity index (χ4v) is 5.70. The van der Waals surface area contributed by atoms with E-state index in [0.717, 1.165) is 12.8 Å². The average Bonchev–Trinajstić information content (AvgIpc) is 2.67. The highest BCUT2D eigenvalue weighted by Gasteiger charge is 2.39. The van der Waals surface area contributed by atoms with E-state index in [-0.39, 0.29) is 10.8 Å². The van der Waals surface area contributed by atoms with Crippen molar-refractivity contribution >= 4 is 15.9 Å². The van der Waals surface area contributed by atoms with Gasteiger partial charge in [-0.3, -0.25) is 4.79 Å². The Morgan fingerprint density at radius 3 is 2.50 bits per heavy atom. The van der Waals surface area contributed by atoms with Gasteiger partial charge in [0, 0.05) is 25.2 Å². The van der Waals surface area contributed by atoms with Gasteiger partial charge < -0.3 is 5.32 Å². The number of carbonyl (C=O) groups is 1. The number of sulfonamides is 1. The van der Waals surface area contributed by atoms with Gasteiger partial charge in [0.1, 0.15) is 0 Å². The van der Waals surface area contributed by atoms with Crippen LogP contribution in [0.2, 0.25) is 0 Å². The lowest BCUT2D eigenvalue weighted by Crippen LogP contribution is -2.43. The molecule has 1 aliphatic heterocycles. The first kappa shape index (κ1) is 19.1. The minimum absolute atomic E-state index is 0.198. The summed E-state index contributed by atoms with van der Waals surface area (Å²) >= 11 is 0. The van der Waals surface area contributed by atoms with E-state index in [9.17, 15) is 13.2 Å². The maximum atomic E-state index is 13.0. The molecule has 142 valence electrons. The summed E-state index contributed by atoms with van der Waals surface area (Å²) in [7, 11) is -3.56. The summed E-state index contributed by atoms with van der Waals surface area (Å²) in [6, 6.07) is 6.30. The summed E-state index contributed by atoms with van der Waals surface area (Å²) in [5.74, 6) is -0.290. The van der Waals surface area contributed by atoms with Crippen molar-refractivity contribution in [1.29, 1.82) is 0 Å². The highest BCUT2D eigenvalue weighted by molar-refractivity contribution is 7.89. The van der Waals surface area contributed by atoms with Crippen molar-refractivity contribution in [1.82, 2.24) is 9.62 Å².